The third-order valence-electron chi connectivity index (χ3n) is 3.49. The highest BCUT2D eigenvalue weighted by molar-refractivity contribution is 5.99. The van der Waals surface area contributed by atoms with E-state index in [1.165, 1.54) is 6.33 Å². The van der Waals surface area contributed by atoms with Crippen LogP contribution in [0.4, 0.5) is 17.2 Å². The number of anilines is 2. The molecule has 0 aliphatic heterocycles. The topological polar surface area (TPSA) is 106 Å². The molecule has 2 aromatic heterocycles. The van der Waals surface area contributed by atoms with Crippen molar-refractivity contribution in [2.24, 2.45) is 0 Å². The van der Waals surface area contributed by atoms with Gasteiger partial charge in [-0.25, -0.2) is 9.97 Å². The molecule has 0 unspecified atom stereocenters. The van der Waals surface area contributed by atoms with Crippen LogP contribution in [0, 0.1) is 10.1 Å². The van der Waals surface area contributed by atoms with Crippen LogP contribution in [0.15, 0.2) is 42.9 Å². The lowest BCUT2D eigenvalue weighted by Crippen LogP contribution is -2.06. The molecule has 0 spiro atoms. The molecule has 0 saturated heterocycles. The summed E-state index contributed by atoms with van der Waals surface area (Å²) in [7, 11) is 0. The van der Waals surface area contributed by atoms with E-state index in [4.69, 9.17) is 0 Å². The Morgan fingerprint density at radius 3 is 2.71 bits per heavy atom. The van der Waals surface area contributed by atoms with E-state index in [1.807, 2.05) is 25.1 Å². The van der Waals surface area contributed by atoms with Crippen LogP contribution in [0.1, 0.15) is 12.6 Å². The van der Waals surface area contributed by atoms with E-state index < -0.39 is 4.92 Å². The minimum absolute atomic E-state index is 0.0439. The second kappa shape index (κ2) is 6.86. The summed E-state index contributed by atoms with van der Waals surface area (Å²) in [5, 5.41) is 18.2. The van der Waals surface area contributed by atoms with Gasteiger partial charge in [0.05, 0.1) is 17.2 Å². The van der Waals surface area contributed by atoms with Gasteiger partial charge in [0.25, 0.3) is 0 Å². The van der Waals surface area contributed by atoms with Crippen molar-refractivity contribution < 1.29 is 4.92 Å². The second-order valence-electron chi connectivity index (χ2n) is 5.04. The van der Waals surface area contributed by atoms with Crippen molar-refractivity contribution in [2.45, 2.75) is 13.5 Å². The van der Waals surface area contributed by atoms with Crippen LogP contribution in [-0.4, -0.2) is 26.4 Å². The van der Waals surface area contributed by atoms with Gasteiger partial charge in [0.1, 0.15) is 17.8 Å². The lowest BCUT2D eigenvalue weighted by molar-refractivity contribution is -0.382. The maximum Gasteiger partial charge on any atom is 0.318 e. The highest BCUT2D eigenvalue weighted by atomic mass is 16.6. The van der Waals surface area contributed by atoms with Gasteiger partial charge in [-0.1, -0.05) is 6.07 Å². The Balaban J connectivity index is 2.01. The van der Waals surface area contributed by atoms with Crippen LogP contribution in [0.3, 0.4) is 0 Å². The standard InChI is InChI=1S/C16H16N6O2/c1-2-17-13-7-6-12-14(15(13)22(23)24)20-10-21-16(12)19-9-11-5-3-4-8-18-11/h3-8,10,17H,2,9H2,1H3,(H,19,20,21). The minimum Gasteiger partial charge on any atom is -0.380 e. The number of hydrogen-bond donors (Lipinski definition) is 2. The van der Waals surface area contributed by atoms with Crippen LogP contribution in [0.5, 0.6) is 0 Å². The maximum absolute atomic E-state index is 11.5. The van der Waals surface area contributed by atoms with Gasteiger partial charge < -0.3 is 10.6 Å². The predicted molar refractivity (Wildman–Crippen MR) is 91.9 cm³/mol. The van der Waals surface area contributed by atoms with Crippen molar-refractivity contribution in [3.63, 3.8) is 0 Å². The first kappa shape index (κ1) is 15.6. The molecule has 8 heteroatoms. The van der Waals surface area contributed by atoms with Gasteiger partial charge in [-0.15, -0.1) is 0 Å². The van der Waals surface area contributed by atoms with Crippen molar-refractivity contribution in [1.29, 1.82) is 0 Å². The number of benzene rings is 1. The van der Waals surface area contributed by atoms with Crippen molar-refractivity contribution in [3.8, 4) is 0 Å². The van der Waals surface area contributed by atoms with E-state index in [0.29, 0.717) is 35.5 Å². The number of nitro benzene ring substituents is 1. The molecule has 2 heterocycles. The lowest BCUT2D eigenvalue weighted by Gasteiger charge is -2.10. The third-order valence-corrected chi connectivity index (χ3v) is 3.49. The molecule has 2 N–H and O–H groups in total. The summed E-state index contributed by atoms with van der Waals surface area (Å²) in [6.45, 7) is 2.94. The lowest BCUT2D eigenvalue weighted by atomic mass is 10.1. The van der Waals surface area contributed by atoms with Gasteiger partial charge in [0.15, 0.2) is 5.52 Å². The Bertz CT molecular complexity index is 869. The Labute approximate surface area is 138 Å². The van der Waals surface area contributed by atoms with Gasteiger partial charge >= 0.3 is 5.69 Å². The minimum atomic E-state index is -0.421. The van der Waals surface area contributed by atoms with Gasteiger partial charge in [0, 0.05) is 18.1 Å². The summed E-state index contributed by atoms with van der Waals surface area (Å²) in [6, 6.07) is 9.09. The Morgan fingerprint density at radius 2 is 2.00 bits per heavy atom. The zero-order chi connectivity index (χ0) is 16.9. The van der Waals surface area contributed by atoms with Gasteiger partial charge in [-0.05, 0) is 31.2 Å². The molecule has 3 rings (SSSR count). The molecule has 122 valence electrons. The number of nitrogens with zero attached hydrogens (tertiary/aromatic N) is 4. The number of aromatic nitrogens is 3. The normalized spacial score (nSPS) is 10.5. The molecule has 0 bridgehead atoms. The van der Waals surface area contributed by atoms with E-state index in [-0.39, 0.29) is 5.69 Å². The molecule has 1 aromatic carbocycles. The van der Waals surface area contributed by atoms with E-state index in [0.717, 1.165) is 5.69 Å². The van der Waals surface area contributed by atoms with E-state index in [2.05, 4.69) is 25.6 Å². The van der Waals surface area contributed by atoms with E-state index in [1.54, 1.807) is 18.3 Å². The summed E-state index contributed by atoms with van der Waals surface area (Å²) in [5.74, 6) is 0.539. The number of nitro groups is 1. The largest absolute Gasteiger partial charge is 0.380 e. The quantitative estimate of drug-likeness (QED) is 0.530. The summed E-state index contributed by atoms with van der Waals surface area (Å²) < 4.78 is 0. The zero-order valence-corrected chi connectivity index (χ0v) is 13.1. The average molecular weight is 324 g/mol. The SMILES string of the molecule is CCNc1ccc2c(NCc3ccccn3)ncnc2c1[N+](=O)[O-]. The summed E-state index contributed by atoms with van der Waals surface area (Å²) in [6.07, 6.45) is 3.04. The average Bonchev–Trinajstić information content (AvgIpc) is 2.60. The number of nitrogens with one attached hydrogen (secondary N) is 2. The fraction of sp³-hybridized carbons (Fsp3) is 0.188. The summed E-state index contributed by atoms with van der Waals surface area (Å²) >= 11 is 0. The Morgan fingerprint density at radius 1 is 1.12 bits per heavy atom. The molecule has 0 fully saturated rings. The first-order valence-electron chi connectivity index (χ1n) is 7.50. The van der Waals surface area contributed by atoms with Crippen molar-refractivity contribution in [3.05, 3.63) is 58.7 Å². The van der Waals surface area contributed by atoms with Crippen LogP contribution in [-0.2, 0) is 6.54 Å². The Hall–Kier alpha value is -3.29. The number of fused-ring (bicyclic) bond motifs is 1. The molecule has 0 saturated carbocycles. The molecule has 0 radical (unpaired) electrons. The maximum atomic E-state index is 11.5. The number of pyridine rings is 1. The van der Waals surface area contributed by atoms with Crippen LogP contribution in [0.25, 0.3) is 10.9 Å². The van der Waals surface area contributed by atoms with E-state index >= 15 is 0 Å². The monoisotopic (exact) mass is 324 g/mol. The molecule has 0 aliphatic carbocycles. The Kier molecular flexibility index (Phi) is 4.46. The first-order chi connectivity index (χ1) is 11.7. The zero-order valence-electron chi connectivity index (χ0n) is 13.1. The first-order valence-corrected chi connectivity index (χ1v) is 7.50. The molecular formula is C16H16N6O2. The molecule has 8 nitrogen and oxygen atoms in total. The highest BCUT2D eigenvalue weighted by Crippen LogP contribution is 2.34. The third kappa shape index (κ3) is 3.07. The fourth-order valence-electron chi connectivity index (χ4n) is 2.45. The molecule has 0 atom stereocenters. The van der Waals surface area contributed by atoms with Crippen molar-refractivity contribution >= 4 is 28.1 Å². The highest BCUT2D eigenvalue weighted by Gasteiger charge is 2.21. The van der Waals surface area contributed by atoms with Crippen molar-refractivity contribution in [1.82, 2.24) is 15.0 Å². The van der Waals surface area contributed by atoms with E-state index in [9.17, 15) is 10.1 Å². The second-order valence-corrected chi connectivity index (χ2v) is 5.04. The van der Waals surface area contributed by atoms with Gasteiger partial charge in [-0.3, -0.25) is 15.1 Å². The summed E-state index contributed by atoms with van der Waals surface area (Å²) in [4.78, 5) is 23.6. The smallest absolute Gasteiger partial charge is 0.318 e. The van der Waals surface area contributed by atoms with Crippen LogP contribution < -0.4 is 10.6 Å². The molecular weight excluding hydrogens is 308 g/mol. The van der Waals surface area contributed by atoms with Crippen LogP contribution >= 0.6 is 0 Å². The fourth-order valence-corrected chi connectivity index (χ4v) is 2.45. The number of rotatable bonds is 6. The molecule has 24 heavy (non-hydrogen) atoms. The molecule has 3 aromatic rings. The predicted octanol–water partition coefficient (Wildman–Crippen LogP) is 2.98. The number of hydrogen-bond acceptors (Lipinski definition) is 7. The molecule has 0 amide bonds. The summed E-state index contributed by atoms with van der Waals surface area (Å²) in [5.41, 5.74) is 1.56. The molecule has 0 aliphatic rings. The van der Waals surface area contributed by atoms with Crippen molar-refractivity contribution in [2.75, 3.05) is 17.2 Å². The van der Waals surface area contributed by atoms with Gasteiger partial charge in [-0.2, -0.15) is 0 Å². The van der Waals surface area contributed by atoms with Gasteiger partial charge in [0.2, 0.25) is 0 Å². The van der Waals surface area contributed by atoms with Crippen LogP contribution in [0.2, 0.25) is 0 Å².